The van der Waals surface area contributed by atoms with Crippen LogP contribution < -0.4 is 14.4 Å². The van der Waals surface area contributed by atoms with Gasteiger partial charge in [0.1, 0.15) is 11.8 Å². The highest BCUT2D eigenvalue weighted by Crippen LogP contribution is 2.27. The highest BCUT2D eigenvalue weighted by molar-refractivity contribution is 8.01. The summed E-state index contributed by atoms with van der Waals surface area (Å²) in [6.45, 7) is 5.89. The molecule has 0 aliphatic rings. The molecular weight excluding hydrogens is 408 g/mol. The zero-order valence-electron chi connectivity index (χ0n) is 15.5. The van der Waals surface area contributed by atoms with Crippen molar-refractivity contribution in [2.75, 3.05) is 28.2 Å². The van der Waals surface area contributed by atoms with E-state index in [-0.39, 0.29) is 0 Å². The number of nitrogens with zero attached hydrogens (tertiary/aromatic N) is 3. The van der Waals surface area contributed by atoms with Gasteiger partial charge in [0.2, 0.25) is 21.1 Å². The molecule has 0 spiro atoms. The lowest BCUT2D eigenvalue weighted by atomic mass is 10.2. The normalized spacial score (nSPS) is 12.4. The van der Waals surface area contributed by atoms with Crippen LogP contribution in [0.5, 0.6) is 5.75 Å². The van der Waals surface area contributed by atoms with Crippen LogP contribution in [-0.2, 0) is 14.8 Å². The Hall–Kier alpha value is -1.85. The first-order valence-corrected chi connectivity index (χ1v) is 11.9. The minimum atomic E-state index is -3.69. The fourth-order valence-electron chi connectivity index (χ4n) is 2.32. The summed E-state index contributed by atoms with van der Waals surface area (Å²) in [6, 6.07) is 5.58. The van der Waals surface area contributed by atoms with Crippen molar-refractivity contribution in [1.29, 1.82) is 0 Å². The van der Waals surface area contributed by atoms with E-state index >= 15 is 0 Å². The number of rotatable bonds is 9. The number of anilines is 2. The van der Waals surface area contributed by atoms with Gasteiger partial charge in [-0.15, -0.1) is 10.2 Å². The fraction of sp³-hybridized carbons (Fsp3) is 0.438. The Morgan fingerprint density at radius 1 is 1.30 bits per heavy atom. The van der Waals surface area contributed by atoms with Crippen LogP contribution in [0.4, 0.5) is 10.8 Å². The zero-order valence-corrected chi connectivity index (χ0v) is 17.9. The van der Waals surface area contributed by atoms with Gasteiger partial charge in [-0.25, -0.2) is 8.42 Å². The second-order valence-corrected chi connectivity index (χ2v) is 9.81. The Balaban J connectivity index is 2.20. The number of carbonyl (C=O) groups excluding carboxylic acids is 1. The number of thioether (sulfide) groups is 1. The van der Waals surface area contributed by atoms with Gasteiger partial charge in [0, 0.05) is 0 Å². The van der Waals surface area contributed by atoms with E-state index in [0.29, 0.717) is 23.2 Å². The number of aromatic nitrogens is 2. The summed E-state index contributed by atoms with van der Waals surface area (Å²) in [7, 11) is -3.69. The van der Waals surface area contributed by atoms with Crippen LogP contribution in [0.1, 0.15) is 20.8 Å². The van der Waals surface area contributed by atoms with Crippen molar-refractivity contribution in [2.24, 2.45) is 0 Å². The van der Waals surface area contributed by atoms with Crippen molar-refractivity contribution in [1.82, 2.24) is 10.2 Å². The summed E-state index contributed by atoms with van der Waals surface area (Å²) >= 11 is 2.77. The van der Waals surface area contributed by atoms with Crippen LogP contribution in [0.2, 0.25) is 0 Å². The van der Waals surface area contributed by atoms with Crippen molar-refractivity contribution in [3.05, 3.63) is 24.3 Å². The number of amides is 1. The lowest BCUT2D eigenvalue weighted by Gasteiger charge is -2.28. The summed E-state index contributed by atoms with van der Waals surface area (Å²) in [6.07, 6.45) is 1.06. The van der Waals surface area contributed by atoms with Gasteiger partial charge >= 0.3 is 0 Å². The van der Waals surface area contributed by atoms with Crippen LogP contribution in [0.3, 0.4) is 0 Å². The molecule has 0 aliphatic carbocycles. The molecule has 0 fully saturated rings. The Bertz CT molecular complexity index is 868. The largest absolute Gasteiger partial charge is 0.494 e. The molecular formula is C16H22N4O4S3. The summed E-state index contributed by atoms with van der Waals surface area (Å²) in [5.74, 6) is 0.985. The monoisotopic (exact) mass is 430 g/mol. The Morgan fingerprint density at radius 3 is 2.52 bits per heavy atom. The minimum absolute atomic E-state index is 0.336. The van der Waals surface area contributed by atoms with E-state index < -0.39 is 22.0 Å². The number of hydrogen-bond donors (Lipinski definition) is 1. The van der Waals surface area contributed by atoms with Gasteiger partial charge in [-0.05, 0) is 43.9 Å². The molecule has 1 atom stereocenters. The first-order chi connectivity index (χ1) is 12.8. The van der Waals surface area contributed by atoms with Crippen molar-refractivity contribution >= 4 is 49.8 Å². The van der Waals surface area contributed by atoms with Crippen LogP contribution in [0.25, 0.3) is 0 Å². The van der Waals surface area contributed by atoms with Gasteiger partial charge in [0.05, 0.1) is 18.6 Å². The Kier molecular flexibility index (Phi) is 7.45. The lowest BCUT2D eigenvalue weighted by Crippen LogP contribution is -2.45. The van der Waals surface area contributed by atoms with E-state index in [1.165, 1.54) is 30.0 Å². The molecule has 0 bridgehead atoms. The van der Waals surface area contributed by atoms with Crippen molar-refractivity contribution in [2.45, 2.75) is 31.2 Å². The molecule has 2 rings (SSSR count). The van der Waals surface area contributed by atoms with Gasteiger partial charge in [0.15, 0.2) is 4.34 Å². The molecule has 0 radical (unpaired) electrons. The highest BCUT2D eigenvalue weighted by Gasteiger charge is 2.29. The maximum atomic E-state index is 12.6. The van der Waals surface area contributed by atoms with Gasteiger partial charge in [-0.3, -0.25) is 14.4 Å². The van der Waals surface area contributed by atoms with Gasteiger partial charge in [0.25, 0.3) is 0 Å². The molecule has 1 heterocycles. The summed E-state index contributed by atoms with van der Waals surface area (Å²) in [4.78, 5) is 12.6. The average molecular weight is 431 g/mol. The standard InChI is InChI=1S/C16H22N4O4S3/c1-5-24-13-9-7-12(8-10-13)20(27(4,22)23)11(3)14(21)17-15-18-19-16(26-15)25-6-2/h7-11H,5-6H2,1-4H3,(H,17,18,21)/t11-/m0/s1. The SMILES string of the molecule is CCOc1ccc(N([C@@H](C)C(=O)Nc2nnc(SCC)s2)S(C)(=O)=O)cc1. The molecule has 1 aromatic carbocycles. The Labute approximate surface area is 167 Å². The van der Waals surface area contributed by atoms with Crippen LogP contribution in [0.15, 0.2) is 28.6 Å². The maximum Gasteiger partial charge on any atom is 0.249 e. The molecule has 1 amide bonds. The molecule has 148 valence electrons. The smallest absolute Gasteiger partial charge is 0.249 e. The van der Waals surface area contributed by atoms with Crippen molar-refractivity contribution in [3.8, 4) is 5.75 Å². The third-order valence-electron chi connectivity index (χ3n) is 3.40. The molecule has 0 aliphatic heterocycles. The summed E-state index contributed by atoms with van der Waals surface area (Å²) < 4.78 is 31.8. The number of sulfonamides is 1. The molecule has 1 aromatic heterocycles. The molecule has 11 heteroatoms. The first kappa shape index (κ1) is 21.5. The van der Waals surface area contributed by atoms with E-state index in [0.717, 1.165) is 20.7 Å². The third-order valence-corrected chi connectivity index (χ3v) is 6.49. The van der Waals surface area contributed by atoms with E-state index in [1.807, 2.05) is 13.8 Å². The minimum Gasteiger partial charge on any atom is -0.494 e. The predicted molar refractivity (Wildman–Crippen MR) is 109 cm³/mol. The van der Waals surface area contributed by atoms with E-state index in [4.69, 9.17) is 4.74 Å². The van der Waals surface area contributed by atoms with Crippen molar-refractivity contribution in [3.63, 3.8) is 0 Å². The number of nitrogens with one attached hydrogen (secondary N) is 1. The maximum absolute atomic E-state index is 12.6. The Morgan fingerprint density at radius 2 is 1.96 bits per heavy atom. The molecule has 1 N–H and O–H groups in total. The fourth-order valence-corrected chi connectivity index (χ4v) is 5.14. The summed E-state index contributed by atoms with van der Waals surface area (Å²) in [5.41, 5.74) is 0.378. The average Bonchev–Trinajstić information content (AvgIpc) is 3.03. The second kappa shape index (κ2) is 9.38. The van der Waals surface area contributed by atoms with E-state index in [2.05, 4.69) is 15.5 Å². The van der Waals surface area contributed by atoms with Gasteiger partial charge in [-0.1, -0.05) is 30.0 Å². The number of hydrogen-bond acceptors (Lipinski definition) is 8. The van der Waals surface area contributed by atoms with Gasteiger partial charge < -0.3 is 4.74 Å². The highest BCUT2D eigenvalue weighted by atomic mass is 32.2. The molecule has 2 aromatic rings. The number of benzene rings is 1. The lowest BCUT2D eigenvalue weighted by molar-refractivity contribution is -0.116. The molecule has 0 unspecified atom stereocenters. The molecule has 0 saturated heterocycles. The topological polar surface area (TPSA) is 101 Å². The number of ether oxygens (including phenoxy) is 1. The van der Waals surface area contributed by atoms with Crippen LogP contribution in [-0.4, -0.2) is 49.2 Å². The van der Waals surface area contributed by atoms with Gasteiger partial charge in [-0.2, -0.15) is 0 Å². The van der Waals surface area contributed by atoms with Crippen molar-refractivity contribution < 1.29 is 17.9 Å². The number of carbonyl (C=O) groups is 1. The summed E-state index contributed by atoms with van der Waals surface area (Å²) in [5, 5.41) is 10.9. The quantitative estimate of drug-likeness (QED) is 0.482. The van der Waals surface area contributed by atoms with Crippen LogP contribution >= 0.6 is 23.1 Å². The molecule has 8 nitrogen and oxygen atoms in total. The van der Waals surface area contributed by atoms with E-state index in [9.17, 15) is 13.2 Å². The van der Waals surface area contributed by atoms with E-state index in [1.54, 1.807) is 24.3 Å². The second-order valence-electron chi connectivity index (χ2n) is 5.46. The molecule has 0 saturated carbocycles. The first-order valence-electron chi connectivity index (χ1n) is 8.25. The predicted octanol–water partition coefficient (Wildman–Crippen LogP) is 2.84. The van der Waals surface area contributed by atoms with Crippen LogP contribution in [0, 0.1) is 0 Å². The molecule has 27 heavy (non-hydrogen) atoms. The third kappa shape index (κ3) is 5.81. The zero-order chi connectivity index (χ0) is 20.0.